The van der Waals surface area contributed by atoms with Crippen LogP contribution >= 0.6 is 0 Å². The zero-order valence-corrected chi connectivity index (χ0v) is 12.1. The molecule has 2 rings (SSSR count). The fourth-order valence-corrected chi connectivity index (χ4v) is 1.97. The van der Waals surface area contributed by atoms with Crippen molar-refractivity contribution in [2.75, 3.05) is 26.4 Å². The molecule has 0 aromatic carbocycles. The first-order valence-electron chi connectivity index (χ1n) is 7.13. The van der Waals surface area contributed by atoms with Crippen LogP contribution in [0.1, 0.15) is 26.7 Å². The number of esters is 2. The topological polar surface area (TPSA) is 93.1 Å². The molecular formula is C14H24O6. The smallest absolute Gasteiger partial charge is 0.309 e. The quantitative estimate of drug-likeness (QED) is 0.685. The van der Waals surface area contributed by atoms with Gasteiger partial charge in [0.2, 0.25) is 0 Å². The van der Waals surface area contributed by atoms with Crippen molar-refractivity contribution in [3.05, 3.63) is 0 Å². The Bertz CT molecular complexity index is 298. The molecule has 4 atom stereocenters. The SMILES string of the molecule is CCOC(=O)[C@@H]1C[C@@H]1CO.CCOC(=O)[C@H]1C[C@H]1CO. The maximum Gasteiger partial charge on any atom is 0.309 e. The summed E-state index contributed by atoms with van der Waals surface area (Å²) in [6.07, 6.45) is 1.60. The first-order chi connectivity index (χ1) is 9.58. The molecule has 0 amide bonds. The second kappa shape index (κ2) is 8.21. The Labute approximate surface area is 119 Å². The number of carbonyl (C=O) groups is 2. The third-order valence-electron chi connectivity index (χ3n) is 3.49. The number of hydrogen-bond acceptors (Lipinski definition) is 6. The Kier molecular flexibility index (Phi) is 6.95. The number of hydrogen-bond donors (Lipinski definition) is 2. The molecule has 6 nitrogen and oxygen atoms in total. The van der Waals surface area contributed by atoms with Crippen molar-refractivity contribution in [1.29, 1.82) is 0 Å². The monoisotopic (exact) mass is 288 g/mol. The van der Waals surface area contributed by atoms with Gasteiger partial charge in [0.25, 0.3) is 0 Å². The van der Waals surface area contributed by atoms with E-state index in [1.165, 1.54) is 0 Å². The van der Waals surface area contributed by atoms with Gasteiger partial charge in [-0.05, 0) is 38.5 Å². The van der Waals surface area contributed by atoms with E-state index >= 15 is 0 Å². The van der Waals surface area contributed by atoms with E-state index in [0.717, 1.165) is 12.8 Å². The van der Waals surface area contributed by atoms with E-state index in [9.17, 15) is 9.59 Å². The van der Waals surface area contributed by atoms with E-state index < -0.39 is 0 Å². The predicted molar refractivity (Wildman–Crippen MR) is 70.6 cm³/mol. The first kappa shape index (κ1) is 16.9. The molecule has 2 saturated carbocycles. The lowest BCUT2D eigenvalue weighted by atomic mass is 10.3. The molecule has 0 aromatic heterocycles. The molecule has 0 aliphatic heterocycles. The van der Waals surface area contributed by atoms with Crippen molar-refractivity contribution in [2.24, 2.45) is 23.7 Å². The van der Waals surface area contributed by atoms with Gasteiger partial charge in [0.1, 0.15) is 0 Å². The molecule has 6 heteroatoms. The highest BCUT2D eigenvalue weighted by atomic mass is 16.5. The van der Waals surface area contributed by atoms with Gasteiger partial charge < -0.3 is 19.7 Å². The molecule has 116 valence electrons. The zero-order chi connectivity index (χ0) is 15.1. The number of aliphatic hydroxyl groups is 2. The van der Waals surface area contributed by atoms with Gasteiger partial charge in [-0.15, -0.1) is 0 Å². The van der Waals surface area contributed by atoms with Crippen molar-refractivity contribution >= 4 is 11.9 Å². The lowest BCUT2D eigenvalue weighted by molar-refractivity contribution is -0.146. The van der Waals surface area contributed by atoms with Gasteiger partial charge in [-0.25, -0.2) is 0 Å². The Hall–Kier alpha value is -1.14. The van der Waals surface area contributed by atoms with Crippen LogP contribution in [-0.2, 0) is 19.1 Å². The summed E-state index contributed by atoms with van der Waals surface area (Å²) in [5.74, 6) is 0.0381. The highest BCUT2D eigenvalue weighted by Crippen LogP contribution is 2.39. The van der Waals surface area contributed by atoms with Crippen LogP contribution in [0.25, 0.3) is 0 Å². The summed E-state index contributed by atoms with van der Waals surface area (Å²) in [5.41, 5.74) is 0. The fourth-order valence-electron chi connectivity index (χ4n) is 1.97. The first-order valence-corrected chi connectivity index (χ1v) is 7.13. The Morgan fingerprint density at radius 3 is 1.45 bits per heavy atom. The molecule has 0 unspecified atom stereocenters. The highest BCUT2D eigenvalue weighted by Gasteiger charge is 2.44. The molecule has 0 saturated heterocycles. The predicted octanol–water partition coefficient (Wildman–Crippen LogP) is 0.356. The van der Waals surface area contributed by atoms with Crippen LogP contribution in [0.15, 0.2) is 0 Å². The molecule has 2 N–H and O–H groups in total. The maximum atomic E-state index is 10.8. The van der Waals surface area contributed by atoms with Crippen LogP contribution in [0.2, 0.25) is 0 Å². The minimum atomic E-state index is -0.151. The van der Waals surface area contributed by atoms with Crippen molar-refractivity contribution in [3.8, 4) is 0 Å². The van der Waals surface area contributed by atoms with E-state index in [-0.39, 0.29) is 48.8 Å². The van der Waals surface area contributed by atoms with Crippen LogP contribution in [0.3, 0.4) is 0 Å². The zero-order valence-electron chi connectivity index (χ0n) is 12.1. The highest BCUT2D eigenvalue weighted by molar-refractivity contribution is 5.76. The fraction of sp³-hybridized carbons (Fsp3) is 0.857. The van der Waals surface area contributed by atoms with Gasteiger partial charge >= 0.3 is 11.9 Å². The summed E-state index contributed by atoms with van der Waals surface area (Å²) < 4.78 is 9.50. The number of rotatable bonds is 6. The van der Waals surface area contributed by atoms with Crippen molar-refractivity contribution < 1.29 is 29.3 Å². The van der Waals surface area contributed by atoms with Gasteiger partial charge in [-0.2, -0.15) is 0 Å². The third kappa shape index (κ3) is 5.09. The van der Waals surface area contributed by atoms with E-state index in [4.69, 9.17) is 19.7 Å². The maximum absolute atomic E-state index is 10.8. The van der Waals surface area contributed by atoms with Gasteiger partial charge in [0.05, 0.1) is 25.0 Å². The van der Waals surface area contributed by atoms with Crippen LogP contribution in [0.5, 0.6) is 0 Å². The van der Waals surface area contributed by atoms with Crippen LogP contribution in [0.4, 0.5) is 0 Å². The molecule has 0 heterocycles. The van der Waals surface area contributed by atoms with Crippen molar-refractivity contribution in [3.63, 3.8) is 0 Å². The molecule has 0 aromatic rings. The molecule has 2 aliphatic carbocycles. The lowest BCUT2D eigenvalue weighted by Crippen LogP contribution is -2.08. The standard InChI is InChI=1S/2C7H12O3/c2*1-2-10-7(9)6-3-5(6)4-8/h2*5-6,8H,2-4H2,1H3/t2*5-,6-/m10/s1. The van der Waals surface area contributed by atoms with E-state index in [1.54, 1.807) is 13.8 Å². The molecule has 2 aliphatic rings. The second-order valence-corrected chi connectivity index (χ2v) is 5.07. The largest absolute Gasteiger partial charge is 0.466 e. The summed E-state index contributed by atoms with van der Waals surface area (Å²) >= 11 is 0. The average Bonchev–Trinajstić information content (AvgIpc) is 3.32. The molecule has 0 bridgehead atoms. The van der Waals surface area contributed by atoms with E-state index in [2.05, 4.69) is 0 Å². The minimum Gasteiger partial charge on any atom is -0.466 e. The Morgan fingerprint density at radius 2 is 1.25 bits per heavy atom. The second-order valence-electron chi connectivity index (χ2n) is 5.07. The van der Waals surface area contributed by atoms with Crippen LogP contribution in [-0.4, -0.2) is 48.6 Å². The Morgan fingerprint density at radius 1 is 0.900 bits per heavy atom. The van der Waals surface area contributed by atoms with Gasteiger partial charge in [-0.1, -0.05) is 0 Å². The summed E-state index contributed by atoms with van der Waals surface area (Å²) in [5, 5.41) is 17.2. The minimum absolute atomic E-state index is 0.00931. The molecule has 20 heavy (non-hydrogen) atoms. The molecule has 0 radical (unpaired) electrons. The van der Waals surface area contributed by atoms with Crippen molar-refractivity contribution in [1.82, 2.24) is 0 Å². The number of carbonyl (C=O) groups excluding carboxylic acids is 2. The summed E-state index contributed by atoms with van der Waals surface area (Å²) in [4.78, 5) is 21.7. The third-order valence-corrected chi connectivity index (χ3v) is 3.49. The average molecular weight is 288 g/mol. The summed E-state index contributed by atoms with van der Waals surface area (Å²) in [6.45, 7) is 4.68. The summed E-state index contributed by atoms with van der Waals surface area (Å²) in [6, 6.07) is 0. The van der Waals surface area contributed by atoms with Crippen LogP contribution < -0.4 is 0 Å². The van der Waals surface area contributed by atoms with E-state index in [1.807, 2.05) is 0 Å². The number of ether oxygens (including phenoxy) is 2. The normalized spacial score (nSPS) is 29.8. The molecule has 0 spiro atoms. The van der Waals surface area contributed by atoms with Gasteiger partial charge in [-0.3, -0.25) is 9.59 Å². The molecular weight excluding hydrogens is 264 g/mol. The summed E-state index contributed by atoms with van der Waals surface area (Å²) in [7, 11) is 0. The van der Waals surface area contributed by atoms with Crippen LogP contribution in [0, 0.1) is 23.7 Å². The Balaban J connectivity index is 0.000000200. The van der Waals surface area contributed by atoms with Gasteiger partial charge in [0, 0.05) is 13.2 Å². The van der Waals surface area contributed by atoms with Gasteiger partial charge in [0.15, 0.2) is 0 Å². The lowest BCUT2D eigenvalue weighted by Gasteiger charge is -1.97. The van der Waals surface area contributed by atoms with Crippen molar-refractivity contribution in [2.45, 2.75) is 26.7 Å². The number of aliphatic hydroxyl groups excluding tert-OH is 2. The van der Waals surface area contributed by atoms with E-state index in [0.29, 0.717) is 13.2 Å². The molecule has 2 fully saturated rings.